The van der Waals surface area contributed by atoms with Crippen LogP contribution in [0.3, 0.4) is 0 Å². The molecule has 1 heterocycles. The maximum atomic E-state index is 10.9. The highest BCUT2D eigenvalue weighted by Gasteiger charge is 2.04. The smallest absolute Gasteiger partial charge is 0.168 e. The summed E-state index contributed by atoms with van der Waals surface area (Å²) >= 11 is 0. The van der Waals surface area contributed by atoms with Crippen molar-refractivity contribution in [3.05, 3.63) is 29.1 Å². The van der Waals surface area contributed by atoms with Crippen LogP contribution in [0.25, 0.3) is 0 Å². The Balaban J connectivity index is 3.30. The Morgan fingerprint density at radius 1 is 1.23 bits per heavy atom. The van der Waals surface area contributed by atoms with Gasteiger partial charge in [-0.15, -0.1) is 0 Å². The van der Waals surface area contributed by atoms with E-state index in [4.69, 9.17) is 0 Å². The number of Topliss-reactive ketones (excluding diaryl/α,β-unsaturated/α-hetero) is 1. The third-order valence-electron chi connectivity index (χ3n) is 1.51. The fourth-order valence-corrected chi connectivity index (χ4v) is 0.898. The maximum absolute atomic E-state index is 10.9. The Kier molecular flexibility index (Phi) is 2.64. The molecule has 0 atom stereocenters. The van der Waals surface area contributed by atoms with E-state index < -0.39 is 0 Å². The molecular formula is C9H7NO3. The van der Waals surface area contributed by atoms with E-state index in [0.717, 1.165) is 0 Å². The first-order valence-electron chi connectivity index (χ1n) is 3.60. The number of aromatic nitrogens is 1. The molecule has 0 aliphatic rings. The van der Waals surface area contributed by atoms with Crippen molar-refractivity contribution < 1.29 is 14.4 Å². The molecule has 4 nitrogen and oxygen atoms in total. The molecule has 0 unspecified atom stereocenters. The molecule has 13 heavy (non-hydrogen) atoms. The fraction of sp³-hybridized carbons (Fsp3) is 0.111. The molecule has 1 rings (SSSR count). The molecule has 0 saturated carbocycles. The molecular weight excluding hydrogens is 170 g/mol. The van der Waals surface area contributed by atoms with E-state index >= 15 is 0 Å². The summed E-state index contributed by atoms with van der Waals surface area (Å²) in [7, 11) is 0. The van der Waals surface area contributed by atoms with E-state index in [9.17, 15) is 14.4 Å². The minimum atomic E-state index is -0.200. The molecule has 0 radical (unpaired) electrons. The molecule has 0 bridgehead atoms. The van der Waals surface area contributed by atoms with Crippen molar-refractivity contribution in [1.82, 2.24) is 4.98 Å². The summed E-state index contributed by atoms with van der Waals surface area (Å²) in [4.78, 5) is 35.3. The molecule has 1 aromatic rings. The highest BCUT2D eigenvalue weighted by molar-refractivity contribution is 5.96. The van der Waals surface area contributed by atoms with Crippen LogP contribution in [0.5, 0.6) is 0 Å². The quantitative estimate of drug-likeness (QED) is 0.508. The van der Waals surface area contributed by atoms with Gasteiger partial charge < -0.3 is 0 Å². The number of carbonyl (C=O) groups excluding carboxylic acids is 3. The summed E-state index contributed by atoms with van der Waals surface area (Å²) in [6.45, 7) is 1.36. The Morgan fingerprint density at radius 3 is 2.00 bits per heavy atom. The molecule has 0 fully saturated rings. The minimum Gasteiger partial charge on any atom is -0.296 e. The van der Waals surface area contributed by atoms with Gasteiger partial charge in [-0.1, -0.05) is 0 Å². The zero-order valence-electron chi connectivity index (χ0n) is 6.98. The van der Waals surface area contributed by atoms with Crippen LogP contribution in [0.1, 0.15) is 38.3 Å². The van der Waals surface area contributed by atoms with Crippen LogP contribution in [0.4, 0.5) is 0 Å². The molecule has 4 heteroatoms. The standard InChI is InChI=1S/C9H7NO3/c1-6(13)7-2-8(4-11)10-9(3-7)5-12/h2-5H,1H3. The van der Waals surface area contributed by atoms with E-state index in [0.29, 0.717) is 18.1 Å². The van der Waals surface area contributed by atoms with Crippen LogP contribution in [0, 0.1) is 0 Å². The van der Waals surface area contributed by atoms with Gasteiger partial charge in [0.1, 0.15) is 11.4 Å². The summed E-state index contributed by atoms with van der Waals surface area (Å²) in [6, 6.07) is 2.70. The topological polar surface area (TPSA) is 64.1 Å². The number of hydrogen-bond donors (Lipinski definition) is 0. The van der Waals surface area contributed by atoms with Crippen molar-refractivity contribution in [3.8, 4) is 0 Å². The number of nitrogens with zero attached hydrogens (tertiary/aromatic N) is 1. The van der Waals surface area contributed by atoms with Gasteiger partial charge in [-0.3, -0.25) is 14.4 Å². The van der Waals surface area contributed by atoms with Crippen LogP contribution >= 0.6 is 0 Å². The number of rotatable bonds is 3. The Morgan fingerprint density at radius 2 is 1.69 bits per heavy atom. The second-order valence-electron chi connectivity index (χ2n) is 2.50. The lowest BCUT2D eigenvalue weighted by molar-refractivity contribution is 0.101. The van der Waals surface area contributed by atoms with E-state index in [-0.39, 0.29) is 17.2 Å². The van der Waals surface area contributed by atoms with Crippen LogP contribution < -0.4 is 0 Å². The van der Waals surface area contributed by atoms with Gasteiger partial charge in [0.15, 0.2) is 18.4 Å². The monoisotopic (exact) mass is 177 g/mol. The molecule has 66 valence electrons. The average Bonchev–Trinajstić information content (AvgIpc) is 2.16. The van der Waals surface area contributed by atoms with Gasteiger partial charge in [0, 0.05) is 5.56 Å². The van der Waals surface area contributed by atoms with Crippen molar-refractivity contribution in [2.75, 3.05) is 0 Å². The first kappa shape index (κ1) is 9.25. The molecule has 0 amide bonds. The van der Waals surface area contributed by atoms with Gasteiger partial charge in [-0.05, 0) is 19.1 Å². The first-order chi connectivity index (χ1) is 6.17. The van der Waals surface area contributed by atoms with Crippen LogP contribution in [-0.4, -0.2) is 23.3 Å². The van der Waals surface area contributed by atoms with E-state index in [1.807, 2.05) is 0 Å². The number of aldehydes is 2. The lowest BCUT2D eigenvalue weighted by atomic mass is 10.1. The summed E-state index contributed by atoms with van der Waals surface area (Å²) in [5.74, 6) is -0.200. The van der Waals surface area contributed by atoms with Gasteiger partial charge in [0.2, 0.25) is 0 Å². The lowest BCUT2D eigenvalue weighted by Gasteiger charge is -1.97. The summed E-state index contributed by atoms with van der Waals surface area (Å²) in [6.07, 6.45) is 0.999. The van der Waals surface area contributed by atoms with E-state index in [1.54, 1.807) is 0 Å². The maximum Gasteiger partial charge on any atom is 0.168 e. The molecule has 0 saturated heterocycles. The second-order valence-corrected chi connectivity index (χ2v) is 2.50. The first-order valence-corrected chi connectivity index (χ1v) is 3.60. The second kappa shape index (κ2) is 3.71. The molecule has 1 aromatic heterocycles. The Hall–Kier alpha value is -1.84. The molecule has 0 aliphatic carbocycles. The lowest BCUT2D eigenvalue weighted by Crippen LogP contribution is -2.00. The van der Waals surface area contributed by atoms with Crippen LogP contribution in [0.2, 0.25) is 0 Å². The molecule has 0 spiro atoms. The number of carbonyl (C=O) groups is 3. The third kappa shape index (κ3) is 2.05. The Bertz CT molecular complexity index is 345. The number of hydrogen-bond acceptors (Lipinski definition) is 4. The van der Waals surface area contributed by atoms with Crippen molar-refractivity contribution in [2.24, 2.45) is 0 Å². The zero-order valence-corrected chi connectivity index (χ0v) is 6.98. The van der Waals surface area contributed by atoms with Gasteiger partial charge in [-0.2, -0.15) is 0 Å². The average molecular weight is 177 g/mol. The summed E-state index contributed by atoms with van der Waals surface area (Å²) in [5.41, 5.74) is 0.504. The van der Waals surface area contributed by atoms with Crippen molar-refractivity contribution >= 4 is 18.4 Å². The van der Waals surface area contributed by atoms with E-state index in [1.165, 1.54) is 19.1 Å². The minimum absolute atomic E-state index is 0.0924. The predicted molar refractivity (Wildman–Crippen MR) is 45.0 cm³/mol. The van der Waals surface area contributed by atoms with Gasteiger partial charge >= 0.3 is 0 Å². The largest absolute Gasteiger partial charge is 0.296 e. The summed E-state index contributed by atoms with van der Waals surface area (Å²) < 4.78 is 0. The van der Waals surface area contributed by atoms with Crippen molar-refractivity contribution in [1.29, 1.82) is 0 Å². The summed E-state index contributed by atoms with van der Waals surface area (Å²) in [5, 5.41) is 0. The molecule has 0 aliphatic heterocycles. The van der Waals surface area contributed by atoms with Gasteiger partial charge in [0.25, 0.3) is 0 Å². The third-order valence-corrected chi connectivity index (χ3v) is 1.51. The van der Waals surface area contributed by atoms with Gasteiger partial charge in [0.05, 0.1) is 0 Å². The van der Waals surface area contributed by atoms with Gasteiger partial charge in [-0.25, -0.2) is 4.98 Å². The van der Waals surface area contributed by atoms with Crippen LogP contribution in [-0.2, 0) is 0 Å². The molecule has 0 aromatic carbocycles. The Labute approximate surface area is 74.6 Å². The SMILES string of the molecule is CC(=O)c1cc(C=O)nc(C=O)c1. The molecule has 0 N–H and O–H groups in total. The number of ketones is 1. The van der Waals surface area contributed by atoms with E-state index in [2.05, 4.69) is 4.98 Å². The van der Waals surface area contributed by atoms with Crippen LogP contribution in [0.15, 0.2) is 12.1 Å². The highest BCUT2D eigenvalue weighted by atomic mass is 16.1. The van der Waals surface area contributed by atoms with Crippen molar-refractivity contribution in [3.63, 3.8) is 0 Å². The fourth-order valence-electron chi connectivity index (χ4n) is 0.898. The van der Waals surface area contributed by atoms with Crippen molar-refractivity contribution in [2.45, 2.75) is 6.92 Å². The highest BCUT2D eigenvalue weighted by Crippen LogP contribution is 2.04. The normalized spacial score (nSPS) is 9.31. The predicted octanol–water partition coefficient (Wildman–Crippen LogP) is 0.909. The zero-order chi connectivity index (χ0) is 9.84. The number of pyridine rings is 1.